The van der Waals surface area contributed by atoms with Crippen LogP contribution in [-0.4, -0.2) is 23.6 Å². The quantitative estimate of drug-likeness (QED) is 0.607. The summed E-state index contributed by atoms with van der Waals surface area (Å²) in [5, 5.41) is 8.01. The molecule has 1 heterocycles. The van der Waals surface area contributed by atoms with Crippen LogP contribution in [0.25, 0.3) is 10.9 Å². The zero-order valence-electron chi connectivity index (χ0n) is 11.2. The number of hydrogen-bond donors (Lipinski definition) is 2. The molecule has 1 amide bonds. The largest absolute Gasteiger partial charge is 0.357 e. The van der Waals surface area contributed by atoms with Crippen molar-refractivity contribution >= 4 is 28.9 Å². The van der Waals surface area contributed by atoms with Gasteiger partial charge in [0.25, 0.3) is 0 Å². The minimum Gasteiger partial charge on any atom is -0.357 e. The molecule has 0 atom stereocenters. The standard InChI is InChI=1S/C15H18ClN3O/c16-14-9-19(6-5-17-10-20)15-7-11(1-4-13(14)15)8-18-12-2-3-12/h1,4,7,9-10,12,18H,2-3,5-6,8H2,(H,17,20). The summed E-state index contributed by atoms with van der Waals surface area (Å²) in [7, 11) is 0. The fourth-order valence-corrected chi connectivity index (χ4v) is 2.66. The Balaban J connectivity index is 1.81. The van der Waals surface area contributed by atoms with Gasteiger partial charge in [-0.1, -0.05) is 23.7 Å². The van der Waals surface area contributed by atoms with Crippen LogP contribution in [0.2, 0.25) is 5.02 Å². The average Bonchev–Trinajstić information content (AvgIpc) is 3.23. The third-order valence-corrected chi connectivity index (χ3v) is 3.95. The summed E-state index contributed by atoms with van der Waals surface area (Å²) in [5.41, 5.74) is 2.39. The maximum absolute atomic E-state index is 10.3. The van der Waals surface area contributed by atoms with Crippen LogP contribution in [0, 0.1) is 0 Å². The summed E-state index contributed by atoms with van der Waals surface area (Å²) in [6, 6.07) is 7.08. The van der Waals surface area contributed by atoms with Crippen LogP contribution >= 0.6 is 11.6 Å². The second-order valence-electron chi connectivity index (χ2n) is 5.25. The van der Waals surface area contributed by atoms with E-state index in [1.807, 2.05) is 6.20 Å². The van der Waals surface area contributed by atoms with Gasteiger partial charge < -0.3 is 15.2 Å². The highest BCUT2D eigenvalue weighted by atomic mass is 35.5. The van der Waals surface area contributed by atoms with Gasteiger partial charge in [0.15, 0.2) is 0 Å². The van der Waals surface area contributed by atoms with Gasteiger partial charge in [-0.3, -0.25) is 4.79 Å². The number of halogens is 1. The normalized spacial score (nSPS) is 14.7. The topological polar surface area (TPSA) is 46.1 Å². The summed E-state index contributed by atoms with van der Waals surface area (Å²) in [6.45, 7) is 2.23. The molecule has 3 rings (SSSR count). The summed E-state index contributed by atoms with van der Waals surface area (Å²) in [6.07, 6.45) is 5.23. The molecule has 0 spiro atoms. The maximum Gasteiger partial charge on any atom is 0.207 e. The molecular weight excluding hydrogens is 274 g/mol. The Morgan fingerprint density at radius 3 is 3.00 bits per heavy atom. The fourth-order valence-electron chi connectivity index (χ4n) is 2.38. The van der Waals surface area contributed by atoms with Gasteiger partial charge in [0, 0.05) is 42.8 Å². The Hall–Kier alpha value is -1.52. The zero-order chi connectivity index (χ0) is 13.9. The SMILES string of the molecule is O=CNCCn1cc(Cl)c2ccc(CNC3CC3)cc21. The van der Waals surface area contributed by atoms with Gasteiger partial charge in [-0.15, -0.1) is 0 Å². The average molecular weight is 292 g/mol. The number of nitrogens with zero attached hydrogens (tertiary/aromatic N) is 1. The molecule has 0 aliphatic heterocycles. The molecule has 0 radical (unpaired) electrons. The molecule has 0 bridgehead atoms. The molecule has 1 saturated carbocycles. The second kappa shape index (κ2) is 5.85. The van der Waals surface area contributed by atoms with Crippen LogP contribution in [0.5, 0.6) is 0 Å². The van der Waals surface area contributed by atoms with Crippen LogP contribution in [0.15, 0.2) is 24.4 Å². The van der Waals surface area contributed by atoms with Crippen molar-refractivity contribution < 1.29 is 4.79 Å². The Morgan fingerprint density at radius 2 is 2.25 bits per heavy atom. The molecule has 106 valence electrons. The highest BCUT2D eigenvalue weighted by molar-refractivity contribution is 6.35. The molecule has 1 aliphatic carbocycles. The van der Waals surface area contributed by atoms with Gasteiger partial charge >= 0.3 is 0 Å². The second-order valence-corrected chi connectivity index (χ2v) is 5.66. The van der Waals surface area contributed by atoms with Crippen LogP contribution in [0.4, 0.5) is 0 Å². The number of benzene rings is 1. The van der Waals surface area contributed by atoms with E-state index in [4.69, 9.17) is 11.6 Å². The molecule has 5 heteroatoms. The summed E-state index contributed by atoms with van der Waals surface area (Å²) in [4.78, 5) is 10.3. The van der Waals surface area contributed by atoms with Crippen molar-refractivity contribution in [3.63, 3.8) is 0 Å². The van der Waals surface area contributed by atoms with Crippen LogP contribution in [-0.2, 0) is 17.9 Å². The summed E-state index contributed by atoms with van der Waals surface area (Å²) in [5.74, 6) is 0. The summed E-state index contributed by atoms with van der Waals surface area (Å²) < 4.78 is 2.09. The lowest BCUT2D eigenvalue weighted by Gasteiger charge is -2.07. The number of carbonyl (C=O) groups excluding carboxylic acids is 1. The van der Waals surface area contributed by atoms with E-state index < -0.39 is 0 Å². The molecule has 2 aromatic rings. The zero-order valence-corrected chi connectivity index (χ0v) is 12.0. The van der Waals surface area contributed by atoms with E-state index in [1.165, 1.54) is 18.4 Å². The van der Waals surface area contributed by atoms with E-state index in [9.17, 15) is 4.79 Å². The van der Waals surface area contributed by atoms with E-state index in [0.717, 1.165) is 35.4 Å². The Morgan fingerprint density at radius 1 is 1.40 bits per heavy atom. The first-order valence-corrected chi connectivity index (χ1v) is 7.33. The molecule has 0 saturated heterocycles. The van der Waals surface area contributed by atoms with Crippen LogP contribution < -0.4 is 10.6 Å². The highest BCUT2D eigenvalue weighted by Crippen LogP contribution is 2.27. The third kappa shape index (κ3) is 2.97. The van der Waals surface area contributed by atoms with E-state index >= 15 is 0 Å². The molecular formula is C15H18ClN3O. The first-order chi connectivity index (χ1) is 9.78. The predicted molar refractivity (Wildman–Crippen MR) is 80.9 cm³/mol. The first-order valence-electron chi connectivity index (χ1n) is 6.95. The number of rotatable bonds is 7. The van der Waals surface area contributed by atoms with Crippen molar-refractivity contribution in [2.75, 3.05) is 6.54 Å². The van der Waals surface area contributed by atoms with Crippen molar-refractivity contribution in [3.05, 3.63) is 35.0 Å². The Kier molecular flexibility index (Phi) is 3.94. The van der Waals surface area contributed by atoms with Gasteiger partial charge in [0.05, 0.1) is 5.02 Å². The van der Waals surface area contributed by atoms with Gasteiger partial charge in [-0.05, 0) is 24.5 Å². The van der Waals surface area contributed by atoms with Gasteiger partial charge in [-0.25, -0.2) is 0 Å². The lowest BCUT2D eigenvalue weighted by Crippen LogP contribution is -2.17. The fraction of sp³-hybridized carbons (Fsp3) is 0.400. The molecule has 20 heavy (non-hydrogen) atoms. The van der Waals surface area contributed by atoms with E-state index in [2.05, 4.69) is 33.4 Å². The third-order valence-electron chi connectivity index (χ3n) is 3.65. The molecule has 4 nitrogen and oxygen atoms in total. The maximum atomic E-state index is 10.3. The first kappa shape index (κ1) is 13.5. The van der Waals surface area contributed by atoms with E-state index in [0.29, 0.717) is 12.6 Å². The number of fused-ring (bicyclic) bond motifs is 1. The van der Waals surface area contributed by atoms with E-state index in [-0.39, 0.29) is 0 Å². The number of amides is 1. The van der Waals surface area contributed by atoms with Crippen LogP contribution in [0.1, 0.15) is 18.4 Å². The van der Waals surface area contributed by atoms with Gasteiger partial charge in [0.1, 0.15) is 0 Å². The number of carbonyl (C=O) groups is 1. The molecule has 1 fully saturated rings. The molecule has 1 aromatic heterocycles. The summed E-state index contributed by atoms with van der Waals surface area (Å²) >= 11 is 6.25. The van der Waals surface area contributed by atoms with Crippen molar-refractivity contribution in [1.29, 1.82) is 0 Å². The predicted octanol–water partition coefficient (Wildman–Crippen LogP) is 2.29. The van der Waals surface area contributed by atoms with Crippen LogP contribution in [0.3, 0.4) is 0 Å². The van der Waals surface area contributed by atoms with Gasteiger partial charge in [0.2, 0.25) is 6.41 Å². The number of nitrogens with one attached hydrogen (secondary N) is 2. The monoisotopic (exact) mass is 291 g/mol. The van der Waals surface area contributed by atoms with Crippen molar-refractivity contribution in [1.82, 2.24) is 15.2 Å². The smallest absolute Gasteiger partial charge is 0.207 e. The molecule has 0 unspecified atom stereocenters. The Labute approximate surface area is 123 Å². The van der Waals surface area contributed by atoms with Gasteiger partial charge in [-0.2, -0.15) is 0 Å². The highest BCUT2D eigenvalue weighted by Gasteiger charge is 2.20. The molecule has 1 aromatic carbocycles. The lowest BCUT2D eigenvalue weighted by molar-refractivity contribution is -0.109. The van der Waals surface area contributed by atoms with Crippen molar-refractivity contribution in [2.24, 2.45) is 0 Å². The van der Waals surface area contributed by atoms with E-state index in [1.54, 1.807) is 0 Å². The number of hydrogen-bond acceptors (Lipinski definition) is 2. The number of aromatic nitrogens is 1. The molecule has 2 N–H and O–H groups in total. The molecule has 1 aliphatic rings. The lowest BCUT2D eigenvalue weighted by atomic mass is 10.1. The minimum absolute atomic E-state index is 0.605. The minimum atomic E-state index is 0.605. The Bertz CT molecular complexity index is 619. The van der Waals surface area contributed by atoms with Crippen molar-refractivity contribution in [3.8, 4) is 0 Å². The van der Waals surface area contributed by atoms with Crippen molar-refractivity contribution in [2.45, 2.75) is 32.0 Å².